The van der Waals surface area contributed by atoms with Gasteiger partial charge in [0.1, 0.15) is 0 Å². The van der Waals surface area contributed by atoms with Crippen LogP contribution in [-0.4, -0.2) is 7.58 Å². The summed E-state index contributed by atoms with van der Waals surface area (Å²) in [5.41, 5.74) is 3.56. The molecule has 0 radical (unpaired) electrons. The van der Waals surface area contributed by atoms with Gasteiger partial charge in [0, 0.05) is 56.3 Å². The third-order valence-corrected chi connectivity index (χ3v) is 3.96. The SMILES string of the molecule is O=C(I)c1cccc(Cc2cccc(C(=O)I)c2)c1. The van der Waals surface area contributed by atoms with Gasteiger partial charge in [0.15, 0.2) is 0 Å². The van der Waals surface area contributed by atoms with E-state index in [0.717, 1.165) is 17.5 Å². The van der Waals surface area contributed by atoms with E-state index < -0.39 is 0 Å². The molecule has 0 N–H and O–H groups in total. The van der Waals surface area contributed by atoms with Crippen molar-refractivity contribution in [3.8, 4) is 0 Å². The maximum atomic E-state index is 11.3. The first-order valence-electron chi connectivity index (χ1n) is 5.64. The summed E-state index contributed by atoms with van der Waals surface area (Å²) in [7, 11) is 0. The monoisotopic (exact) mass is 476 g/mol. The quantitative estimate of drug-likeness (QED) is 0.484. The van der Waals surface area contributed by atoms with E-state index in [2.05, 4.69) is 0 Å². The van der Waals surface area contributed by atoms with Crippen LogP contribution in [-0.2, 0) is 6.42 Å². The molecule has 0 aliphatic rings. The minimum Gasteiger partial charge on any atom is -0.282 e. The minimum atomic E-state index is 0.0376. The zero-order chi connectivity index (χ0) is 13.8. The predicted molar refractivity (Wildman–Crippen MR) is 92.4 cm³/mol. The van der Waals surface area contributed by atoms with Gasteiger partial charge in [-0.15, -0.1) is 0 Å². The number of carbonyl (C=O) groups excluding carboxylic acids is 2. The van der Waals surface area contributed by atoms with E-state index in [1.165, 1.54) is 0 Å². The molecular formula is C15H10I2O2. The van der Waals surface area contributed by atoms with Gasteiger partial charge >= 0.3 is 0 Å². The number of benzene rings is 2. The van der Waals surface area contributed by atoms with Crippen LogP contribution in [0.4, 0.5) is 0 Å². The molecule has 2 nitrogen and oxygen atoms in total. The smallest absolute Gasteiger partial charge is 0.222 e. The first kappa shape index (κ1) is 14.6. The highest BCUT2D eigenvalue weighted by atomic mass is 127. The molecule has 0 atom stereocenters. The van der Waals surface area contributed by atoms with Gasteiger partial charge in [0.2, 0.25) is 7.58 Å². The van der Waals surface area contributed by atoms with E-state index in [9.17, 15) is 9.59 Å². The van der Waals surface area contributed by atoms with Gasteiger partial charge in [-0.25, -0.2) is 0 Å². The van der Waals surface area contributed by atoms with Crippen molar-refractivity contribution in [2.45, 2.75) is 6.42 Å². The van der Waals surface area contributed by atoms with Crippen LogP contribution in [0.1, 0.15) is 31.8 Å². The molecule has 0 aliphatic heterocycles. The van der Waals surface area contributed by atoms with E-state index >= 15 is 0 Å². The molecule has 2 aromatic carbocycles. The van der Waals surface area contributed by atoms with Gasteiger partial charge in [-0.1, -0.05) is 36.4 Å². The lowest BCUT2D eigenvalue weighted by molar-refractivity contribution is 0.109. The molecule has 0 fully saturated rings. The van der Waals surface area contributed by atoms with Gasteiger partial charge in [0.05, 0.1) is 0 Å². The van der Waals surface area contributed by atoms with Crippen LogP contribution in [0, 0.1) is 0 Å². The summed E-state index contributed by atoms with van der Waals surface area (Å²) < 4.78 is 0.0753. The summed E-state index contributed by atoms with van der Waals surface area (Å²) >= 11 is 3.57. The maximum Gasteiger partial charge on any atom is 0.222 e. The average Bonchev–Trinajstić information content (AvgIpc) is 2.39. The van der Waals surface area contributed by atoms with Crippen LogP contribution in [0.15, 0.2) is 48.5 Å². The third kappa shape index (κ3) is 4.10. The second-order valence-electron chi connectivity index (χ2n) is 4.12. The highest BCUT2D eigenvalue weighted by molar-refractivity contribution is 14.1. The fourth-order valence-corrected chi connectivity index (χ4v) is 2.51. The number of rotatable bonds is 4. The fraction of sp³-hybridized carbons (Fsp3) is 0.0667. The highest BCUT2D eigenvalue weighted by Gasteiger charge is 2.05. The molecule has 0 aliphatic carbocycles. The predicted octanol–water partition coefficient (Wildman–Crippen LogP) is 4.43. The Morgan fingerprint density at radius 2 is 1.21 bits per heavy atom. The molecular weight excluding hydrogens is 466 g/mol. The van der Waals surface area contributed by atoms with Crippen LogP contribution in [0.2, 0.25) is 0 Å². The lowest BCUT2D eigenvalue weighted by atomic mass is 10.0. The first-order valence-corrected chi connectivity index (χ1v) is 7.79. The topological polar surface area (TPSA) is 34.1 Å². The molecule has 0 unspecified atom stereocenters. The van der Waals surface area contributed by atoms with Crippen LogP contribution < -0.4 is 0 Å². The summed E-state index contributed by atoms with van der Waals surface area (Å²) in [5, 5.41) is 0. The highest BCUT2D eigenvalue weighted by Crippen LogP contribution is 2.16. The Balaban J connectivity index is 2.26. The summed E-state index contributed by atoms with van der Waals surface area (Å²) in [4.78, 5) is 22.7. The summed E-state index contributed by atoms with van der Waals surface area (Å²) in [6, 6.07) is 15.2. The Bertz CT molecular complexity index is 580. The van der Waals surface area contributed by atoms with Crippen LogP contribution in [0.3, 0.4) is 0 Å². The molecule has 0 spiro atoms. The molecule has 0 amide bonds. The van der Waals surface area contributed by atoms with Gasteiger partial charge < -0.3 is 0 Å². The lowest BCUT2D eigenvalue weighted by Gasteiger charge is -2.04. The Labute approximate surface area is 138 Å². The molecule has 0 aromatic heterocycles. The molecule has 0 saturated carbocycles. The Morgan fingerprint density at radius 3 is 1.58 bits per heavy atom. The van der Waals surface area contributed by atoms with Crippen molar-refractivity contribution in [1.82, 2.24) is 0 Å². The second kappa shape index (κ2) is 6.60. The zero-order valence-electron chi connectivity index (χ0n) is 9.90. The lowest BCUT2D eigenvalue weighted by Crippen LogP contribution is -1.95. The van der Waals surface area contributed by atoms with Crippen LogP contribution in [0.25, 0.3) is 0 Å². The van der Waals surface area contributed by atoms with Gasteiger partial charge in [-0.3, -0.25) is 9.59 Å². The van der Waals surface area contributed by atoms with Gasteiger partial charge in [-0.05, 0) is 29.7 Å². The number of hydrogen-bond acceptors (Lipinski definition) is 2. The minimum absolute atomic E-state index is 0.0376. The number of halogens is 2. The summed E-state index contributed by atoms with van der Waals surface area (Å²) in [6.45, 7) is 0. The van der Waals surface area contributed by atoms with E-state index in [-0.39, 0.29) is 7.58 Å². The number of hydrogen-bond donors (Lipinski definition) is 0. The molecule has 2 rings (SSSR count). The Hall–Kier alpha value is -0.760. The zero-order valence-corrected chi connectivity index (χ0v) is 14.2. The van der Waals surface area contributed by atoms with Crippen molar-refractivity contribution < 1.29 is 9.59 Å². The van der Waals surface area contributed by atoms with Gasteiger partial charge in [-0.2, -0.15) is 0 Å². The normalized spacial score (nSPS) is 10.2. The van der Waals surface area contributed by atoms with E-state index in [1.807, 2.05) is 48.5 Å². The largest absolute Gasteiger partial charge is 0.282 e. The van der Waals surface area contributed by atoms with E-state index in [4.69, 9.17) is 0 Å². The van der Waals surface area contributed by atoms with E-state index in [0.29, 0.717) is 11.1 Å². The van der Waals surface area contributed by atoms with Crippen molar-refractivity contribution in [3.05, 3.63) is 70.8 Å². The summed E-state index contributed by atoms with van der Waals surface area (Å²) in [6.07, 6.45) is 0.718. The standard InChI is InChI=1S/C15H10I2O2/c16-14(18)12-5-1-3-10(8-12)7-11-4-2-6-13(9-11)15(17)19/h1-6,8-9H,7H2. The van der Waals surface area contributed by atoms with Gasteiger partial charge in [0.25, 0.3) is 0 Å². The van der Waals surface area contributed by atoms with Crippen LogP contribution in [0.5, 0.6) is 0 Å². The Kier molecular flexibility index (Phi) is 5.09. The molecule has 96 valence electrons. The van der Waals surface area contributed by atoms with E-state index in [1.54, 1.807) is 45.2 Å². The third-order valence-electron chi connectivity index (χ3n) is 2.72. The van der Waals surface area contributed by atoms with Crippen LogP contribution >= 0.6 is 45.2 Å². The molecule has 0 saturated heterocycles. The van der Waals surface area contributed by atoms with Crippen molar-refractivity contribution in [3.63, 3.8) is 0 Å². The second-order valence-corrected chi connectivity index (χ2v) is 6.08. The summed E-state index contributed by atoms with van der Waals surface area (Å²) in [5.74, 6) is 0. The van der Waals surface area contributed by atoms with Crippen molar-refractivity contribution in [2.75, 3.05) is 0 Å². The first-order chi connectivity index (χ1) is 9.06. The molecule has 19 heavy (non-hydrogen) atoms. The molecule has 0 heterocycles. The van der Waals surface area contributed by atoms with Crippen molar-refractivity contribution in [2.24, 2.45) is 0 Å². The fourth-order valence-electron chi connectivity index (χ4n) is 1.84. The van der Waals surface area contributed by atoms with Crippen molar-refractivity contribution in [1.29, 1.82) is 0 Å². The maximum absolute atomic E-state index is 11.3. The Morgan fingerprint density at radius 1 is 0.789 bits per heavy atom. The van der Waals surface area contributed by atoms with Crippen molar-refractivity contribution >= 4 is 52.8 Å². The molecule has 2 aromatic rings. The molecule has 0 bridgehead atoms. The molecule has 4 heteroatoms. The number of carbonyl (C=O) groups is 2. The average molecular weight is 476 g/mol.